The van der Waals surface area contributed by atoms with Gasteiger partial charge in [0.05, 0.1) is 33.1 Å². The second-order valence-electron chi connectivity index (χ2n) is 5.93. The molecule has 1 saturated heterocycles. The van der Waals surface area contributed by atoms with Crippen molar-refractivity contribution in [2.45, 2.75) is 13.0 Å². The van der Waals surface area contributed by atoms with Crippen LogP contribution in [0.2, 0.25) is 0 Å². The molecular weight excluding hydrogens is 372 g/mol. The van der Waals surface area contributed by atoms with Gasteiger partial charge in [0.25, 0.3) is 5.91 Å². The number of aryl methyl sites for hydroxylation is 1. The maximum absolute atomic E-state index is 12.9. The molecule has 2 aromatic rings. The molecule has 0 spiro atoms. The summed E-state index contributed by atoms with van der Waals surface area (Å²) in [4.78, 5) is 30.6. The van der Waals surface area contributed by atoms with E-state index in [9.17, 15) is 14.7 Å². The molecule has 0 radical (unpaired) electrons. The third-order valence-corrected chi connectivity index (χ3v) is 5.49. The number of amides is 1. The third-order valence-electron chi connectivity index (χ3n) is 4.30. The average Bonchev–Trinajstić information content (AvgIpc) is 3.08. The zero-order valence-electron chi connectivity index (χ0n) is 15.2. The topological polar surface area (TPSA) is 98.2 Å². The quantitative estimate of drug-likeness (QED) is 0.832. The lowest BCUT2D eigenvalue weighted by Crippen LogP contribution is -2.52. The molecule has 1 aromatic heterocycles. The summed E-state index contributed by atoms with van der Waals surface area (Å²) in [5.41, 5.74) is 1.35. The van der Waals surface area contributed by atoms with E-state index < -0.39 is 12.0 Å². The number of thiazole rings is 1. The number of aromatic nitrogens is 1. The van der Waals surface area contributed by atoms with Gasteiger partial charge in [-0.25, -0.2) is 9.78 Å². The number of carboxylic acids is 1. The van der Waals surface area contributed by atoms with Gasteiger partial charge < -0.3 is 24.2 Å². The van der Waals surface area contributed by atoms with E-state index in [0.717, 1.165) is 5.56 Å². The fraction of sp³-hybridized carbons (Fsp3) is 0.389. The van der Waals surface area contributed by atoms with Gasteiger partial charge in [-0.2, -0.15) is 0 Å². The van der Waals surface area contributed by atoms with Gasteiger partial charge in [0.2, 0.25) is 0 Å². The molecule has 0 unspecified atom stereocenters. The van der Waals surface area contributed by atoms with Crippen molar-refractivity contribution in [3.63, 3.8) is 0 Å². The van der Waals surface area contributed by atoms with E-state index >= 15 is 0 Å². The lowest BCUT2D eigenvalue weighted by Gasteiger charge is -2.32. The maximum Gasteiger partial charge on any atom is 0.328 e. The molecule has 1 atom stereocenters. The van der Waals surface area contributed by atoms with Gasteiger partial charge in [0, 0.05) is 12.1 Å². The number of hydrogen-bond acceptors (Lipinski definition) is 7. The molecule has 1 N–H and O–H groups in total. The summed E-state index contributed by atoms with van der Waals surface area (Å²) in [5.74, 6) is -0.254. The van der Waals surface area contributed by atoms with E-state index in [0.29, 0.717) is 33.7 Å². The van der Waals surface area contributed by atoms with Crippen molar-refractivity contribution in [3.05, 3.63) is 28.8 Å². The Kier molecular flexibility index (Phi) is 5.62. The molecule has 1 aromatic carbocycles. The van der Waals surface area contributed by atoms with Gasteiger partial charge in [-0.3, -0.25) is 4.79 Å². The van der Waals surface area contributed by atoms with E-state index in [1.165, 1.54) is 16.2 Å². The number of rotatable bonds is 5. The van der Waals surface area contributed by atoms with Crippen LogP contribution in [0.25, 0.3) is 10.6 Å². The van der Waals surface area contributed by atoms with Crippen LogP contribution in [0.15, 0.2) is 18.2 Å². The normalized spacial score (nSPS) is 16.9. The van der Waals surface area contributed by atoms with Crippen molar-refractivity contribution in [2.24, 2.45) is 0 Å². The summed E-state index contributed by atoms with van der Waals surface area (Å²) in [7, 11) is 3.11. The van der Waals surface area contributed by atoms with Crippen molar-refractivity contribution in [1.29, 1.82) is 0 Å². The van der Waals surface area contributed by atoms with Crippen molar-refractivity contribution >= 4 is 23.2 Å². The van der Waals surface area contributed by atoms with Crippen molar-refractivity contribution < 1.29 is 28.9 Å². The molecule has 8 nitrogen and oxygen atoms in total. The summed E-state index contributed by atoms with van der Waals surface area (Å²) >= 11 is 1.23. The number of ether oxygens (including phenoxy) is 3. The van der Waals surface area contributed by atoms with Gasteiger partial charge >= 0.3 is 5.97 Å². The zero-order valence-corrected chi connectivity index (χ0v) is 16.0. The summed E-state index contributed by atoms with van der Waals surface area (Å²) in [6, 6.07) is 4.41. The van der Waals surface area contributed by atoms with E-state index in [2.05, 4.69) is 4.98 Å². The van der Waals surface area contributed by atoms with Crippen LogP contribution in [0.4, 0.5) is 0 Å². The summed E-state index contributed by atoms with van der Waals surface area (Å²) in [6.45, 7) is 2.28. The molecule has 2 heterocycles. The molecule has 9 heteroatoms. The lowest BCUT2D eigenvalue weighted by molar-refractivity contribution is -0.147. The molecule has 3 rings (SSSR count). The second-order valence-corrected chi connectivity index (χ2v) is 6.93. The number of carbonyl (C=O) groups is 2. The molecule has 1 amide bonds. The standard InChI is InChI=1S/C18H20N2O6S/c1-10-15(17(21)20-6-7-26-9-12(20)18(22)23)27-16(19-10)11-4-5-13(24-2)14(8-11)25-3/h4-5,8,12H,6-7,9H2,1-3H3,(H,22,23)/t12-/m0/s1. The van der Waals surface area contributed by atoms with E-state index in [-0.39, 0.29) is 19.1 Å². The van der Waals surface area contributed by atoms with Gasteiger partial charge in [0.1, 0.15) is 9.88 Å². The van der Waals surface area contributed by atoms with E-state index in [1.54, 1.807) is 33.3 Å². The fourth-order valence-electron chi connectivity index (χ4n) is 2.87. The second kappa shape index (κ2) is 7.93. The molecule has 27 heavy (non-hydrogen) atoms. The van der Waals surface area contributed by atoms with Crippen LogP contribution in [0.3, 0.4) is 0 Å². The first-order valence-corrected chi connectivity index (χ1v) is 9.09. The van der Waals surface area contributed by atoms with Gasteiger partial charge in [-0.05, 0) is 25.1 Å². The van der Waals surface area contributed by atoms with Crippen LogP contribution >= 0.6 is 11.3 Å². The first kappa shape index (κ1) is 19.1. The van der Waals surface area contributed by atoms with Gasteiger partial charge in [-0.15, -0.1) is 11.3 Å². The molecule has 1 aliphatic rings. The Balaban J connectivity index is 1.92. The predicted molar refractivity (Wildman–Crippen MR) is 98.7 cm³/mol. The zero-order chi connectivity index (χ0) is 19.6. The Hall–Kier alpha value is -2.65. The number of carbonyl (C=O) groups excluding carboxylic acids is 1. The number of methoxy groups -OCH3 is 2. The van der Waals surface area contributed by atoms with Crippen LogP contribution in [0, 0.1) is 6.92 Å². The number of nitrogens with zero attached hydrogens (tertiary/aromatic N) is 2. The minimum atomic E-state index is -1.08. The Labute approximate surface area is 160 Å². The molecule has 0 aliphatic carbocycles. The Bertz CT molecular complexity index is 866. The molecular formula is C18H20N2O6S. The molecule has 0 saturated carbocycles. The number of morpholine rings is 1. The van der Waals surface area contributed by atoms with Crippen LogP contribution in [0.5, 0.6) is 11.5 Å². The predicted octanol–water partition coefficient (Wildman–Crippen LogP) is 2.06. The largest absolute Gasteiger partial charge is 0.493 e. The van der Waals surface area contributed by atoms with Crippen LogP contribution in [0.1, 0.15) is 15.4 Å². The Morgan fingerprint density at radius 1 is 1.30 bits per heavy atom. The highest BCUT2D eigenvalue weighted by Crippen LogP contribution is 2.35. The number of hydrogen-bond donors (Lipinski definition) is 1. The van der Waals surface area contributed by atoms with Crippen molar-refractivity contribution in [1.82, 2.24) is 9.88 Å². The van der Waals surface area contributed by atoms with Gasteiger partial charge in [-0.1, -0.05) is 0 Å². The maximum atomic E-state index is 12.9. The fourth-order valence-corrected chi connectivity index (χ4v) is 3.89. The van der Waals surface area contributed by atoms with E-state index in [1.807, 2.05) is 6.07 Å². The summed E-state index contributed by atoms with van der Waals surface area (Å²) in [6.07, 6.45) is 0. The summed E-state index contributed by atoms with van der Waals surface area (Å²) in [5, 5.41) is 10.0. The number of aliphatic carboxylic acids is 1. The Morgan fingerprint density at radius 2 is 2.04 bits per heavy atom. The molecule has 0 bridgehead atoms. The highest BCUT2D eigenvalue weighted by atomic mass is 32.1. The van der Waals surface area contributed by atoms with Crippen LogP contribution in [-0.2, 0) is 9.53 Å². The van der Waals surface area contributed by atoms with Crippen molar-refractivity contribution in [2.75, 3.05) is 34.0 Å². The van der Waals surface area contributed by atoms with Gasteiger partial charge in [0.15, 0.2) is 17.5 Å². The first-order chi connectivity index (χ1) is 13.0. The van der Waals surface area contributed by atoms with Crippen molar-refractivity contribution in [3.8, 4) is 22.1 Å². The third kappa shape index (κ3) is 3.74. The van der Waals surface area contributed by atoms with Crippen LogP contribution < -0.4 is 9.47 Å². The molecule has 1 aliphatic heterocycles. The van der Waals surface area contributed by atoms with E-state index in [4.69, 9.17) is 14.2 Å². The van der Waals surface area contributed by atoms with Crippen LogP contribution in [-0.4, -0.2) is 66.9 Å². The Morgan fingerprint density at radius 3 is 2.70 bits per heavy atom. The molecule has 1 fully saturated rings. The SMILES string of the molecule is COc1ccc(-c2nc(C)c(C(=O)N3CCOC[C@H]3C(=O)O)s2)cc1OC. The number of benzene rings is 1. The minimum Gasteiger partial charge on any atom is -0.493 e. The first-order valence-electron chi connectivity index (χ1n) is 8.27. The lowest BCUT2D eigenvalue weighted by atomic mass is 10.2. The number of carboxylic acid groups (broad SMARTS) is 1. The summed E-state index contributed by atoms with van der Waals surface area (Å²) < 4.78 is 15.8. The highest BCUT2D eigenvalue weighted by Gasteiger charge is 2.35. The highest BCUT2D eigenvalue weighted by molar-refractivity contribution is 7.17. The monoisotopic (exact) mass is 392 g/mol. The molecule has 144 valence electrons. The minimum absolute atomic E-state index is 0.0124. The average molecular weight is 392 g/mol. The smallest absolute Gasteiger partial charge is 0.328 e.